The Kier molecular flexibility index (Phi) is 4.49. The van der Waals surface area contributed by atoms with Gasteiger partial charge in [-0.3, -0.25) is 14.7 Å². The van der Waals surface area contributed by atoms with E-state index in [9.17, 15) is 4.79 Å². The van der Waals surface area contributed by atoms with Crippen molar-refractivity contribution in [2.45, 2.75) is 18.9 Å². The van der Waals surface area contributed by atoms with Gasteiger partial charge < -0.3 is 5.11 Å². The van der Waals surface area contributed by atoms with Gasteiger partial charge in [-0.05, 0) is 43.1 Å². The Balaban J connectivity index is 1.86. The number of carboxylic acid groups (broad SMARTS) is 1. The zero-order chi connectivity index (χ0) is 15.4. The van der Waals surface area contributed by atoms with Gasteiger partial charge in [0.2, 0.25) is 0 Å². The molecule has 1 aliphatic rings. The number of aromatic nitrogens is 1. The molecule has 114 valence electrons. The molecule has 2 aromatic rings. The van der Waals surface area contributed by atoms with Crippen LogP contribution in [0.4, 0.5) is 0 Å². The molecule has 2 heterocycles. The molecule has 0 amide bonds. The number of hydrogen-bond acceptors (Lipinski definition) is 3. The van der Waals surface area contributed by atoms with Crippen molar-refractivity contribution in [3.05, 3.63) is 66.0 Å². The van der Waals surface area contributed by atoms with Gasteiger partial charge in [-0.15, -0.1) is 0 Å². The van der Waals surface area contributed by atoms with Crippen molar-refractivity contribution in [1.29, 1.82) is 0 Å². The van der Waals surface area contributed by atoms with E-state index < -0.39 is 5.97 Å². The SMILES string of the molecule is O=C(O)C1CCN(C(c2ccccc2)c2cccnc2)CC1. The van der Waals surface area contributed by atoms with E-state index in [2.05, 4.69) is 28.1 Å². The molecule has 0 spiro atoms. The monoisotopic (exact) mass is 296 g/mol. The van der Waals surface area contributed by atoms with Crippen LogP contribution < -0.4 is 0 Å². The van der Waals surface area contributed by atoms with Gasteiger partial charge in [-0.2, -0.15) is 0 Å². The average molecular weight is 296 g/mol. The molecule has 4 nitrogen and oxygen atoms in total. The lowest BCUT2D eigenvalue weighted by Crippen LogP contribution is -2.39. The van der Waals surface area contributed by atoms with Crippen LogP contribution in [0.3, 0.4) is 0 Å². The Morgan fingerprint density at radius 2 is 1.77 bits per heavy atom. The first-order valence-corrected chi connectivity index (χ1v) is 7.67. The van der Waals surface area contributed by atoms with Gasteiger partial charge in [0.25, 0.3) is 0 Å². The Morgan fingerprint density at radius 1 is 1.09 bits per heavy atom. The second kappa shape index (κ2) is 6.71. The molecule has 0 bridgehead atoms. The fourth-order valence-corrected chi connectivity index (χ4v) is 3.19. The molecule has 1 atom stereocenters. The molecule has 22 heavy (non-hydrogen) atoms. The number of pyridine rings is 1. The fourth-order valence-electron chi connectivity index (χ4n) is 3.19. The molecule has 1 saturated heterocycles. The summed E-state index contributed by atoms with van der Waals surface area (Å²) in [4.78, 5) is 17.8. The Morgan fingerprint density at radius 3 is 2.36 bits per heavy atom. The Labute approximate surface area is 130 Å². The molecule has 1 fully saturated rings. The highest BCUT2D eigenvalue weighted by Crippen LogP contribution is 2.31. The van der Waals surface area contributed by atoms with E-state index >= 15 is 0 Å². The Bertz CT molecular complexity index is 568. The maximum atomic E-state index is 11.1. The van der Waals surface area contributed by atoms with E-state index in [1.807, 2.05) is 30.5 Å². The van der Waals surface area contributed by atoms with Gasteiger partial charge in [0, 0.05) is 12.4 Å². The highest BCUT2D eigenvalue weighted by molar-refractivity contribution is 5.70. The summed E-state index contributed by atoms with van der Waals surface area (Å²) < 4.78 is 0. The second-order valence-electron chi connectivity index (χ2n) is 5.75. The fraction of sp³-hybridized carbons (Fsp3) is 0.333. The van der Waals surface area contributed by atoms with Crippen LogP contribution in [-0.4, -0.2) is 34.0 Å². The predicted molar refractivity (Wildman–Crippen MR) is 84.5 cm³/mol. The minimum absolute atomic E-state index is 0.143. The summed E-state index contributed by atoms with van der Waals surface area (Å²) in [5, 5.41) is 9.17. The molecule has 3 rings (SSSR count). The van der Waals surface area contributed by atoms with Crippen LogP contribution in [0.25, 0.3) is 0 Å². The van der Waals surface area contributed by atoms with Crippen LogP contribution in [0.5, 0.6) is 0 Å². The van der Waals surface area contributed by atoms with Gasteiger partial charge >= 0.3 is 5.97 Å². The largest absolute Gasteiger partial charge is 0.481 e. The van der Waals surface area contributed by atoms with Crippen LogP contribution in [-0.2, 0) is 4.79 Å². The smallest absolute Gasteiger partial charge is 0.306 e. The number of rotatable bonds is 4. The van der Waals surface area contributed by atoms with Crippen molar-refractivity contribution in [2.75, 3.05) is 13.1 Å². The summed E-state index contributed by atoms with van der Waals surface area (Å²) in [6.45, 7) is 1.59. The molecule has 1 aliphatic heterocycles. The van der Waals surface area contributed by atoms with Gasteiger partial charge in [-0.1, -0.05) is 36.4 Å². The summed E-state index contributed by atoms with van der Waals surface area (Å²) in [5.74, 6) is -0.876. The maximum Gasteiger partial charge on any atom is 0.306 e. The molecule has 1 aromatic carbocycles. The quantitative estimate of drug-likeness (QED) is 0.942. The first-order chi connectivity index (χ1) is 10.8. The summed E-state index contributed by atoms with van der Waals surface area (Å²) in [6.07, 6.45) is 5.10. The van der Waals surface area contributed by atoms with Crippen molar-refractivity contribution in [1.82, 2.24) is 9.88 Å². The molecule has 0 saturated carbocycles. The van der Waals surface area contributed by atoms with E-state index in [1.165, 1.54) is 5.56 Å². The zero-order valence-electron chi connectivity index (χ0n) is 12.4. The number of hydrogen-bond donors (Lipinski definition) is 1. The normalized spacial score (nSPS) is 18.0. The van der Waals surface area contributed by atoms with Gasteiger partial charge in [0.05, 0.1) is 12.0 Å². The van der Waals surface area contributed by atoms with Crippen molar-refractivity contribution in [2.24, 2.45) is 5.92 Å². The first kappa shape index (κ1) is 14.7. The summed E-state index contributed by atoms with van der Waals surface area (Å²) in [7, 11) is 0. The van der Waals surface area contributed by atoms with Crippen LogP contribution >= 0.6 is 0 Å². The third kappa shape index (κ3) is 3.17. The molecular formula is C18H20N2O2. The lowest BCUT2D eigenvalue weighted by atomic mass is 9.92. The Hall–Kier alpha value is -2.20. The van der Waals surface area contributed by atoms with E-state index in [0.29, 0.717) is 12.8 Å². The lowest BCUT2D eigenvalue weighted by molar-refractivity contribution is -0.143. The number of piperidine rings is 1. The van der Waals surface area contributed by atoms with Crippen molar-refractivity contribution in [3.8, 4) is 0 Å². The van der Waals surface area contributed by atoms with Crippen molar-refractivity contribution >= 4 is 5.97 Å². The summed E-state index contributed by atoms with van der Waals surface area (Å²) in [6, 6.07) is 14.5. The highest BCUT2D eigenvalue weighted by atomic mass is 16.4. The van der Waals surface area contributed by atoms with Gasteiger partial charge in [0.1, 0.15) is 0 Å². The van der Waals surface area contributed by atoms with Crippen LogP contribution in [0.15, 0.2) is 54.9 Å². The molecule has 1 N–H and O–H groups in total. The van der Waals surface area contributed by atoms with Crippen LogP contribution in [0.2, 0.25) is 0 Å². The summed E-state index contributed by atoms with van der Waals surface area (Å²) in [5.41, 5.74) is 2.38. The van der Waals surface area contributed by atoms with Crippen molar-refractivity contribution < 1.29 is 9.90 Å². The topological polar surface area (TPSA) is 53.4 Å². The third-order valence-corrected chi connectivity index (χ3v) is 4.36. The molecule has 1 unspecified atom stereocenters. The molecule has 0 radical (unpaired) electrons. The molecule has 0 aliphatic carbocycles. The average Bonchev–Trinajstić information content (AvgIpc) is 2.57. The molecular weight excluding hydrogens is 276 g/mol. The number of carboxylic acids is 1. The van der Waals surface area contributed by atoms with E-state index in [-0.39, 0.29) is 12.0 Å². The van der Waals surface area contributed by atoms with Crippen LogP contribution in [0.1, 0.15) is 30.0 Å². The first-order valence-electron chi connectivity index (χ1n) is 7.67. The minimum Gasteiger partial charge on any atom is -0.481 e. The number of nitrogens with zero attached hydrogens (tertiary/aromatic N) is 2. The summed E-state index contributed by atoms with van der Waals surface area (Å²) >= 11 is 0. The number of likely N-dealkylation sites (tertiary alicyclic amines) is 1. The van der Waals surface area contributed by atoms with E-state index in [0.717, 1.165) is 18.7 Å². The number of aliphatic carboxylic acids is 1. The minimum atomic E-state index is -0.669. The molecule has 1 aromatic heterocycles. The van der Waals surface area contributed by atoms with E-state index in [1.54, 1.807) is 6.20 Å². The second-order valence-corrected chi connectivity index (χ2v) is 5.75. The highest BCUT2D eigenvalue weighted by Gasteiger charge is 2.30. The third-order valence-electron chi connectivity index (χ3n) is 4.36. The van der Waals surface area contributed by atoms with Gasteiger partial charge in [0.15, 0.2) is 0 Å². The lowest BCUT2D eigenvalue weighted by Gasteiger charge is -2.37. The van der Waals surface area contributed by atoms with Gasteiger partial charge in [-0.25, -0.2) is 0 Å². The maximum absolute atomic E-state index is 11.1. The standard InChI is InChI=1S/C18H20N2O2/c21-18(22)15-8-11-20(12-9-15)17(14-5-2-1-3-6-14)16-7-4-10-19-13-16/h1-7,10,13,15,17H,8-9,11-12H2,(H,21,22). The number of carbonyl (C=O) groups is 1. The number of benzene rings is 1. The van der Waals surface area contributed by atoms with E-state index in [4.69, 9.17) is 5.11 Å². The van der Waals surface area contributed by atoms with Crippen molar-refractivity contribution in [3.63, 3.8) is 0 Å². The molecule has 4 heteroatoms. The van der Waals surface area contributed by atoms with Crippen LogP contribution in [0, 0.1) is 5.92 Å². The zero-order valence-corrected chi connectivity index (χ0v) is 12.4. The predicted octanol–water partition coefficient (Wildman–Crippen LogP) is 2.97.